The van der Waals surface area contributed by atoms with Gasteiger partial charge in [0.05, 0.1) is 6.10 Å². The molecular weight excluding hydrogens is 188 g/mol. The van der Waals surface area contributed by atoms with E-state index in [2.05, 4.69) is 37.7 Å². The molecule has 0 aromatic carbocycles. The first kappa shape index (κ1) is 12.9. The summed E-state index contributed by atoms with van der Waals surface area (Å²) in [6.07, 6.45) is 3.22. The molecule has 0 spiro atoms. The van der Waals surface area contributed by atoms with E-state index in [1.807, 2.05) is 0 Å². The third kappa shape index (κ3) is 3.44. The van der Waals surface area contributed by atoms with Crippen LogP contribution in [0.4, 0.5) is 0 Å². The van der Waals surface area contributed by atoms with Crippen molar-refractivity contribution < 1.29 is 5.11 Å². The Morgan fingerprint density at radius 1 is 1.33 bits per heavy atom. The third-order valence-corrected chi connectivity index (χ3v) is 3.43. The predicted molar refractivity (Wildman–Crippen MR) is 64.0 cm³/mol. The van der Waals surface area contributed by atoms with Gasteiger partial charge in [-0.15, -0.1) is 0 Å². The molecule has 1 rings (SSSR count). The zero-order chi connectivity index (χ0) is 11.4. The number of aliphatic hydroxyl groups is 1. The molecule has 15 heavy (non-hydrogen) atoms. The van der Waals surface area contributed by atoms with Gasteiger partial charge in [0, 0.05) is 18.6 Å². The zero-order valence-electron chi connectivity index (χ0n) is 10.6. The monoisotopic (exact) mass is 214 g/mol. The highest BCUT2D eigenvalue weighted by atomic mass is 16.3. The second kappa shape index (κ2) is 5.83. The summed E-state index contributed by atoms with van der Waals surface area (Å²) in [6.45, 7) is 6.56. The Hall–Kier alpha value is -0.120. The highest BCUT2D eigenvalue weighted by Crippen LogP contribution is 2.25. The Bertz CT molecular complexity index is 184. The molecule has 3 atom stereocenters. The second-order valence-electron chi connectivity index (χ2n) is 5.01. The van der Waals surface area contributed by atoms with E-state index in [0.29, 0.717) is 12.1 Å². The molecule has 0 saturated heterocycles. The van der Waals surface area contributed by atoms with Gasteiger partial charge in [0.2, 0.25) is 0 Å². The molecule has 1 saturated carbocycles. The molecule has 3 unspecified atom stereocenters. The molecule has 1 aliphatic rings. The lowest BCUT2D eigenvalue weighted by Crippen LogP contribution is -2.48. The molecule has 90 valence electrons. The predicted octanol–water partition coefficient (Wildman–Crippen LogP) is 1.17. The first-order valence-corrected chi connectivity index (χ1v) is 6.14. The molecule has 0 aromatic heterocycles. The van der Waals surface area contributed by atoms with Crippen LogP contribution in [0.5, 0.6) is 0 Å². The Morgan fingerprint density at radius 2 is 2.00 bits per heavy atom. The lowest BCUT2D eigenvalue weighted by molar-refractivity contribution is 0.0438. The Morgan fingerprint density at radius 3 is 2.40 bits per heavy atom. The van der Waals surface area contributed by atoms with Crippen LogP contribution >= 0.6 is 0 Å². The van der Waals surface area contributed by atoms with Gasteiger partial charge in [-0.25, -0.2) is 0 Å². The zero-order valence-corrected chi connectivity index (χ0v) is 10.6. The van der Waals surface area contributed by atoms with Crippen LogP contribution in [0.1, 0.15) is 33.1 Å². The molecule has 3 nitrogen and oxygen atoms in total. The molecule has 0 bridgehead atoms. The van der Waals surface area contributed by atoms with E-state index in [4.69, 9.17) is 0 Å². The maximum absolute atomic E-state index is 9.92. The molecule has 1 aliphatic carbocycles. The quantitative estimate of drug-likeness (QED) is 0.744. The fourth-order valence-electron chi connectivity index (χ4n) is 2.81. The molecular formula is C12H26N2O. The molecule has 0 amide bonds. The minimum atomic E-state index is -0.102. The topological polar surface area (TPSA) is 26.7 Å². The molecule has 1 fully saturated rings. The van der Waals surface area contributed by atoms with E-state index in [1.54, 1.807) is 0 Å². The van der Waals surface area contributed by atoms with Crippen molar-refractivity contribution in [3.8, 4) is 0 Å². The normalized spacial score (nSPS) is 29.0. The summed E-state index contributed by atoms with van der Waals surface area (Å²) in [7, 11) is 4.21. The summed E-state index contributed by atoms with van der Waals surface area (Å²) < 4.78 is 0. The van der Waals surface area contributed by atoms with Gasteiger partial charge in [-0.2, -0.15) is 0 Å². The lowest BCUT2D eigenvalue weighted by atomic mass is 10.1. The first-order chi connectivity index (χ1) is 7.06. The fourth-order valence-corrected chi connectivity index (χ4v) is 2.81. The molecule has 0 heterocycles. The van der Waals surface area contributed by atoms with Crippen molar-refractivity contribution in [1.82, 2.24) is 9.80 Å². The van der Waals surface area contributed by atoms with Gasteiger partial charge in [0.1, 0.15) is 0 Å². The number of hydrogen-bond donors (Lipinski definition) is 1. The van der Waals surface area contributed by atoms with Crippen molar-refractivity contribution >= 4 is 0 Å². The molecule has 0 aromatic rings. The minimum Gasteiger partial charge on any atom is -0.391 e. The second-order valence-corrected chi connectivity index (χ2v) is 5.01. The maximum atomic E-state index is 9.92. The number of aliphatic hydroxyl groups excluding tert-OH is 1. The minimum absolute atomic E-state index is 0.102. The fraction of sp³-hybridized carbons (Fsp3) is 1.00. The summed E-state index contributed by atoms with van der Waals surface area (Å²) in [6, 6.07) is 0.924. The maximum Gasteiger partial charge on any atom is 0.0695 e. The summed E-state index contributed by atoms with van der Waals surface area (Å²) in [5, 5.41) is 9.92. The van der Waals surface area contributed by atoms with E-state index >= 15 is 0 Å². The average molecular weight is 214 g/mol. The smallest absolute Gasteiger partial charge is 0.0695 e. The van der Waals surface area contributed by atoms with Crippen LogP contribution in [-0.4, -0.2) is 60.3 Å². The van der Waals surface area contributed by atoms with Gasteiger partial charge in [-0.1, -0.05) is 6.92 Å². The van der Waals surface area contributed by atoms with Crippen LogP contribution in [0.2, 0.25) is 0 Å². The van der Waals surface area contributed by atoms with Gasteiger partial charge in [-0.3, -0.25) is 4.90 Å². The summed E-state index contributed by atoms with van der Waals surface area (Å²) in [5.41, 5.74) is 0. The summed E-state index contributed by atoms with van der Waals surface area (Å²) >= 11 is 0. The largest absolute Gasteiger partial charge is 0.391 e. The average Bonchev–Trinajstić information content (AvgIpc) is 2.52. The number of nitrogens with zero attached hydrogens (tertiary/aromatic N) is 2. The van der Waals surface area contributed by atoms with Crippen molar-refractivity contribution in [3.05, 3.63) is 0 Å². The highest BCUT2D eigenvalue weighted by Gasteiger charge is 2.32. The van der Waals surface area contributed by atoms with E-state index in [0.717, 1.165) is 25.9 Å². The number of rotatable bonds is 5. The van der Waals surface area contributed by atoms with E-state index in [1.165, 1.54) is 6.42 Å². The Labute approximate surface area is 94.1 Å². The highest BCUT2D eigenvalue weighted by molar-refractivity contribution is 4.87. The molecule has 0 aliphatic heterocycles. The van der Waals surface area contributed by atoms with Crippen LogP contribution in [0.25, 0.3) is 0 Å². The van der Waals surface area contributed by atoms with Crippen molar-refractivity contribution in [1.29, 1.82) is 0 Å². The van der Waals surface area contributed by atoms with Crippen LogP contribution in [0.15, 0.2) is 0 Å². The standard InChI is InChI=1S/C12H26N2O/c1-5-14(10(2)9-13(3)4)11-7-6-8-12(11)15/h10-12,15H,5-9H2,1-4H3. The number of likely N-dealkylation sites (N-methyl/N-ethyl adjacent to an activating group) is 2. The Balaban J connectivity index is 2.53. The van der Waals surface area contributed by atoms with Crippen molar-refractivity contribution in [2.45, 2.75) is 51.3 Å². The lowest BCUT2D eigenvalue weighted by Gasteiger charge is -2.36. The number of hydrogen-bond acceptors (Lipinski definition) is 3. The van der Waals surface area contributed by atoms with E-state index in [9.17, 15) is 5.11 Å². The molecule has 1 N–H and O–H groups in total. The van der Waals surface area contributed by atoms with Crippen LogP contribution < -0.4 is 0 Å². The van der Waals surface area contributed by atoms with Gasteiger partial charge in [0.25, 0.3) is 0 Å². The van der Waals surface area contributed by atoms with Gasteiger partial charge >= 0.3 is 0 Å². The van der Waals surface area contributed by atoms with Gasteiger partial charge < -0.3 is 10.0 Å². The SMILES string of the molecule is CCN(C(C)CN(C)C)C1CCCC1O. The van der Waals surface area contributed by atoms with Crippen LogP contribution in [0.3, 0.4) is 0 Å². The van der Waals surface area contributed by atoms with E-state index < -0.39 is 0 Å². The summed E-state index contributed by atoms with van der Waals surface area (Å²) in [5.74, 6) is 0. The van der Waals surface area contributed by atoms with Crippen LogP contribution in [-0.2, 0) is 0 Å². The summed E-state index contributed by atoms with van der Waals surface area (Å²) in [4.78, 5) is 4.67. The first-order valence-electron chi connectivity index (χ1n) is 6.14. The molecule has 3 heteroatoms. The molecule has 0 radical (unpaired) electrons. The van der Waals surface area contributed by atoms with Crippen molar-refractivity contribution in [2.24, 2.45) is 0 Å². The van der Waals surface area contributed by atoms with E-state index in [-0.39, 0.29) is 6.10 Å². The van der Waals surface area contributed by atoms with Crippen molar-refractivity contribution in [2.75, 3.05) is 27.2 Å². The van der Waals surface area contributed by atoms with Crippen LogP contribution in [0, 0.1) is 0 Å². The van der Waals surface area contributed by atoms with Crippen molar-refractivity contribution in [3.63, 3.8) is 0 Å². The Kier molecular flexibility index (Phi) is 5.03. The van der Waals surface area contributed by atoms with Gasteiger partial charge in [0.15, 0.2) is 0 Å². The third-order valence-electron chi connectivity index (χ3n) is 3.43. The van der Waals surface area contributed by atoms with Gasteiger partial charge in [-0.05, 0) is 46.8 Å².